The van der Waals surface area contributed by atoms with Crippen LogP contribution in [0, 0.1) is 3.57 Å². The van der Waals surface area contributed by atoms with E-state index in [1.54, 1.807) is 11.9 Å². The molecular formula is C12H14BrIN2OS. The summed E-state index contributed by atoms with van der Waals surface area (Å²) < 4.78 is 1.82. The van der Waals surface area contributed by atoms with Crippen molar-refractivity contribution in [3.63, 3.8) is 0 Å². The number of hydrogen-bond acceptors (Lipinski definition) is 2. The first-order valence-electron chi connectivity index (χ1n) is 5.33. The Labute approximate surface area is 134 Å². The summed E-state index contributed by atoms with van der Waals surface area (Å²) in [5.41, 5.74) is 6.16. The number of carbonyl (C=O) groups excluding carboxylic acids is 1. The van der Waals surface area contributed by atoms with Crippen LogP contribution in [0.1, 0.15) is 23.7 Å². The van der Waals surface area contributed by atoms with Crippen LogP contribution in [0.5, 0.6) is 0 Å². The van der Waals surface area contributed by atoms with Gasteiger partial charge >= 0.3 is 0 Å². The van der Waals surface area contributed by atoms with Crippen molar-refractivity contribution in [2.75, 3.05) is 7.05 Å². The summed E-state index contributed by atoms with van der Waals surface area (Å²) in [4.78, 5) is 14.4. The van der Waals surface area contributed by atoms with Crippen LogP contribution in [0.3, 0.4) is 0 Å². The molecule has 3 nitrogen and oxygen atoms in total. The summed E-state index contributed by atoms with van der Waals surface area (Å²) in [6.07, 6.45) is 0.527. The van der Waals surface area contributed by atoms with Gasteiger partial charge in [-0.1, -0.05) is 12.2 Å². The Kier molecular flexibility index (Phi) is 6.00. The van der Waals surface area contributed by atoms with Crippen LogP contribution in [0.15, 0.2) is 22.7 Å². The predicted octanol–water partition coefficient (Wildman–Crippen LogP) is 3.19. The molecule has 0 fully saturated rings. The summed E-state index contributed by atoms with van der Waals surface area (Å²) in [6, 6.07) is 5.66. The van der Waals surface area contributed by atoms with Crippen molar-refractivity contribution < 1.29 is 4.79 Å². The Balaban J connectivity index is 2.92. The Hall–Kier alpha value is -0.210. The van der Waals surface area contributed by atoms with E-state index in [1.165, 1.54) is 0 Å². The standard InChI is InChI=1S/C12H14BrIN2OS/c1-7(5-11(15)18)16(2)12(17)9-6-8(14)3-4-10(9)13/h3-4,6-7H,5H2,1-2H3,(H2,15,18). The molecule has 1 amide bonds. The van der Waals surface area contributed by atoms with Crippen LogP contribution in [-0.4, -0.2) is 28.9 Å². The fourth-order valence-corrected chi connectivity index (χ4v) is 2.63. The summed E-state index contributed by atoms with van der Waals surface area (Å²) in [5.74, 6) is -0.0378. The second kappa shape index (κ2) is 6.81. The molecule has 18 heavy (non-hydrogen) atoms. The van der Waals surface area contributed by atoms with Crippen LogP contribution in [0.2, 0.25) is 0 Å². The van der Waals surface area contributed by atoms with Crippen molar-refractivity contribution >= 4 is 61.6 Å². The van der Waals surface area contributed by atoms with E-state index in [0.717, 1.165) is 8.04 Å². The minimum atomic E-state index is -0.0378. The highest BCUT2D eigenvalue weighted by molar-refractivity contribution is 14.1. The van der Waals surface area contributed by atoms with Gasteiger partial charge in [0.25, 0.3) is 5.91 Å². The number of hydrogen-bond donors (Lipinski definition) is 1. The van der Waals surface area contributed by atoms with Gasteiger partial charge in [-0.05, 0) is 63.6 Å². The molecule has 0 aromatic heterocycles. The molecule has 1 atom stereocenters. The second-order valence-electron chi connectivity index (χ2n) is 4.06. The van der Waals surface area contributed by atoms with E-state index < -0.39 is 0 Å². The molecule has 1 rings (SSSR count). The van der Waals surface area contributed by atoms with Gasteiger partial charge in [0.05, 0.1) is 10.6 Å². The number of halogens is 2. The Bertz CT molecular complexity index is 481. The van der Waals surface area contributed by atoms with Gasteiger partial charge in [0.1, 0.15) is 0 Å². The number of nitrogens with zero attached hydrogens (tertiary/aromatic N) is 1. The third-order valence-corrected chi connectivity index (χ3v) is 4.17. The van der Waals surface area contributed by atoms with Crippen molar-refractivity contribution in [2.45, 2.75) is 19.4 Å². The number of benzene rings is 1. The zero-order chi connectivity index (χ0) is 13.9. The van der Waals surface area contributed by atoms with Gasteiger partial charge in [0, 0.05) is 27.6 Å². The third-order valence-electron chi connectivity index (χ3n) is 2.64. The van der Waals surface area contributed by atoms with Gasteiger partial charge in [-0.15, -0.1) is 0 Å². The predicted molar refractivity (Wildman–Crippen MR) is 89.8 cm³/mol. The highest BCUT2D eigenvalue weighted by Gasteiger charge is 2.20. The minimum absolute atomic E-state index is 0.0141. The number of amides is 1. The largest absolute Gasteiger partial charge is 0.393 e. The zero-order valence-corrected chi connectivity index (χ0v) is 14.7. The molecule has 6 heteroatoms. The summed E-state index contributed by atoms with van der Waals surface area (Å²) in [5, 5.41) is 0. The van der Waals surface area contributed by atoms with Crippen LogP contribution in [0.25, 0.3) is 0 Å². The van der Waals surface area contributed by atoms with Crippen molar-refractivity contribution in [1.29, 1.82) is 0 Å². The van der Waals surface area contributed by atoms with Gasteiger partial charge in [-0.2, -0.15) is 0 Å². The second-order valence-corrected chi connectivity index (χ2v) is 6.68. The fraction of sp³-hybridized carbons (Fsp3) is 0.333. The maximum Gasteiger partial charge on any atom is 0.255 e. The molecule has 1 aromatic rings. The van der Waals surface area contributed by atoms with E-state index in [4.69, 9.17) is 18.0 Å². The van der Waals surface area contributed by atoms with Crippen LogP contribution >= 0.6 is 50.7 Å². The topological polar surface area (TPSA) is 46.3 Å². The smallest absolute Gasteiger partial charge is 0.255 e. The number of rotatable bonds is 4. The highest BCUT2D eigenvalue weighted by atomic mass is 127. The maximum atomic E-state index is 12.3. The van der Waals surface area contributed by atoms with Crippen molar-refractivity contribution in [2.24, 2.45) is 5.73 Å². The molecule has 0 aliphatic carbocycles. The first kappa shape index (κ1) is 15.8. The van der Waals surface area contributed by atoms with Gasteiger partial charge in [0.15, 0.2) is 0 Å². The van der Waals surface area contributed by atoms with Crippen molar-refractivity contribution in [3.05, 3.63) is 31.8 Å². The average Bonchev–Trinajstić information content (AvgIpc) is 2.29. The fourth-order valence-electron chi connectivity index (χ4n) is 1.48. The van der Waals surface area contributed by atoms with Gasteiger partial charge in [-0.25, -0.2) is 0 Å². The molecule has 0 heterocycles. The lowest BCUT2D eigenvalue weighted by molar-refractivity contribution is 0.0747. The molecule has 2 N–H and O–H groups in total. The molecule has 98 valence electrons. The Morgan fingerprint density at radius 3 is 2.78 bits per heavy atom. The van der Waals surface area contributed by atoms with E-state index >= 15 is 0 Å². The summed E-state index contributed by atoms with van der Waals surface area (Å²) in [6.45, 7) is 1.93. The minimum Gasteiger partial charge on any atom is -0.393 e. The van der Waals surface area contributed by atoms with Gasteiger partial charge < -0.3 is 10.6 Å². The molecule has 0 aliphatic rings. The van der Waals surface area contributed by atoms with Gasteiger partial charge in [0.2, 0.25) is 0 Å². The number of thiocarbonyl (C=S) groups is 1. The quantitative estimate of drug-likeness (QED) is 0.577. The van der Waals surface area contributed by atoms with E-state index in [9.17, 15) is 4.79 Å². The lowest BCUT2D eigenvalue weighted by atomic mass is 10.1. The molecule has 0 saturated heterocycles. The molecule has 0 bridgehead atoms. The van der Waals surface area contributed by atoms with Gasteiger partial charge in [-0.3, -0.25) is 4.79 Å². The van der Waals surface area contributed by atoms with Crippen LogP contribution in [-0.2, 0) is 0 Å². The number of carbonyl (C=O) groups is 1. The highest BCUT2D eigenvalue weighted by Crippen LogP contribution is 2.21. The SMILES string of the molecule is CC(CC(N)=S)N(C)C(=O)c1cc(I)ccc1Br. The van der Waals surface area contributed by atoms with E-state index in [0.29, 0.717) is 17.0 Å². The number of nitrogens with two attached hydrogens (primary N) is 1. The maximum absolute atomic E-state index is 12.3. The normalized spacial score (nSPS) is 12.0. The molecule has 0 spiro atoms. The molecule has 0 saturated carbocycles. The Morgan fingerprint density at radius 2 is 2.22 bits per heavy atom. The van der Waals surface area contributed by atoms with E-state index in [1.807, 2.05) is 25.1 Å². The molecule has 0 aliphatic heterocycles. The van der Waals surface area contributed by atoms with Crippen LogP contribution < -0.4 is 5.73 Å². The first-order valence-corrected chi connectivity index (χ1v) is 7.61. The molecule has 1 aromatic carbocycles. The average molecular weight is 441 g/mol. The molecule has 0 radical (unpaired) electrons. The Morgan fingerprint density at radius 1 is 1.61 bits per heavy atom. The van der Waals surface area contributed by atoms with Crippen molar-refractivity contribution in [3.8, 4) is 0 Å². The summed E-state index contributed by atoms with van der Waals surface area (Å²) >= 11 is 10.5. The molecule has 1 unspecified atom stereocenters. The lowest BCUT2D eigenvalue weighted by Crippen LogP contribution is -2.37. The van der Waals surface area contributed by atoms with E-state index in [-0.39, 0.29) is 11.9 Å². The zero-order valence-electron chi connectivity index (χ0n) is 10.1. The van der Waals surface area contributed by atoms with E-state index in [2.05, 4.69) is 38.5 Å². The molecular weight excluding hydrogens is 427 g/mol. The third kappa shape index (κ3) is 4.17. The summed E-state index contributed by atoms with van der Waals surface area (Å²) in [7, 11) is 1.76. The van der Waals surface area contributed by atoms with Crippen molar-refractivity contribution in [1.82, 2.24) is 4.90 Å². The monoisotopic (exact) mass is 440 g/mol. The first-order chi connectivity index (χ1) is 8.32. The lowest BCUT2D eigenvalue weighted by Gasteiger charge is -2.25. The van der Waals surface area contributed by atoms with Crippen LogP contribution in [0.4, 0.5) is 0 Å².